The molecule has 4 N–H and O–H groups in total. The summed E-state index contributed by atoms with van der Waals surface area (Å²) >= 11 is 1.31. The van der Waals surface area contributed by atoms with Gasteiger partial charge in [0.2, 0.25) is 11.8 Å². The second-order valence-electron chi connectivity index (χ2n) is 11.1. The Morgan fingerprint density at radius 2 is 1.33 bits per heavy atom. The van der Waals surface area contributed by atoms with Crippen LogP contribution in [0.4, 0.5) is 17.1 Å². The highest BCUT2D eigenvalue weighted by Gasteiger charge is 2.23. The summed E-state index contributed by atoms with van der Waals surface area (Å²) in [5, 5.41) is 10.7. The van der Waals surface area contributed by atoms with E-state index < -0.39 is 17.1 Å². The van der Waals surface area contributed by atoms with Gasteiger partial charge >= 0.3 is 0 Å². The van der Waals surface area contributed by atoms with E-state index >= 15 is 0 Å². The van der Waals surface area contributed by atoms with E-state index in [1.165, 1.54) is 39.0 Å². The number of hydrogen-bond donors (Lipinski definition) is 4. The van der Waals surface area contributed by atoms with Gasteiger partial charge in [-0.2, -0.15) is 0 Å². The first-order chi connectivity index (χ1) is 24.7. The van der Waals surface area contributed by atoms with Crippen molar-refractivity contribution in [3.63, 3.8) is 0 Å². The minimum Gasteiger partial charge on any atom is -0.497 e. The first-order valence-corrected chi connectivity index (χ1v) is 16.7. The van der Waals surface area contributed by atoms with Crippen molar-refractivity contribution < 1.29 is 28.7 Å². The average molecular weight is 701 g/mol. The molecular formula is C40H36N4O6S. The maximum absolute atomic E-state index is 13.8. The fourth-order valence-electron chi connectivity index (χ4n) is 4.98. The molecule has 51 heavy (non-hydrogen) atoms. The second kappa shape index (κ2) is 17.4. The topological polar surface area (TPSA) is 135 Å². The molecule has 0 spiro atoms. The lowest BCUT2D eigenvalue weighted by atomic mass is 10.1. The number of hydrogen-bond acceptors (Lipinski definition) is 7. The summed E-state index contributed by atoms with van der Waals surface area (Å²) in [5.41, 5.74) is 3.28. The first kappa shape index (κ1) is 36.0. The van der Waals surface area contributed by atoms with E-state index in [-0.39, 0.29) is 17.5 Å². The highest BCUT2D eigenvalue weighted by molar-refractivity contribution is 8.00. The van der Waals surface area contributed by atoms with Gasteiger partial charge in [0.1, 0.15) is 22.4 Å². The largest absolute Gasteiger partial charge is 0.497 e. The van der Waals surface area contributed by atoms with Crippen LogP contribution >= 0.6 is 11.8 Å². The molecule has 1 atom stereocenters. The molecule has 0 aliphatic heterocycles. The highest BCUT2D eigenvalue weighted by atomic mass is 32.2. The molecule has 0 aliphatic rings. The monoisotopic (exact) mass is 700 g/mol. The van der Waals surface area contributed by atoms with E-state index in [9.17, 15) is 19.2 Å². The van der Waals surface area contributed by atoms with E-state index in [0.717, 1.165) is 5.56 Å². The molecule has 10 nitrogen and oxygen atoms in total. The molecule has 4 amide bonds. The summed E-state index contributed by atoms with van der Waals surface area (Å²) in [5.74, 6) is -0.473. The molecule has 0 bridgehead atoms. The van der Waals surface area contributed by atoms with Gasteiger partial charge in [0.05, 0.1) is 14.2 Å². The van der Waals surface area contributed by atoms with Crippen LogP contribution in [0.15, 0.2) is 138 Å². The molecule has 0 aromatic heterocycles. The van der Waals surface area contributed by atoms with Gasteiger partial charge < -0.3 is 30.7 Å². The highest BCUT2D eigenvalue weighted by Crippen LogP contribution is 2.37. The Morgan fingerprint density at radius 1 is 0.667 bits per heavy atom. The Hall–Kier alpha value is -6.33. The van der Waals surface area contributed by atoms with Crippen molar-refractivity contribution in [2.24, 2.45) is 0 Å². The third-order valence-electron chi connectivity index (χ3n) is 7.42. The lowest BCUT2D eigenvalue weighted by molar-refractivity contribution is -0.116. The van der Waals surface area contributed by atoms with Crippen molar-refractivity contribution in [1.82, 2.24) is 5.32 Å². The van der Waals surface area contributed by atoms with Crippen molar-refractivity contribution in [2.45, 2.75) is 17.1 Å². The zero-order valence-corrected chi connectivity index (χ0v) is 29.0. The number of ether oxygens (including phenoxy) is 2. The zero-order valence-electron chi connectivity index (χ0n) is 28.1. The van der Waals surface area contributed by atoms with Crippen LogP contribution in [0.25, 0.3) is 6.08 Å². The molecule has 0 saturated heterocycles. The quantitative estimate of drug-likeness (QED) is 0.0736. The Balaban J connectivity index is 1.39. The van der Waals surface area contributed by atoms with Gasteiger partial charge in [-0.05, 0) is 84.4 Å². The van der Waals surface area contributed by atoms with Crippen molar-refractivity contribution >= 4 is 58.5 Å². The minimum absolute atomic E-state index is 0.0282. The number of carbonyl (C=O) groups excluding carboxylic acids is 4. The Morgan fingerprint density at radius 3 is 1.98 bits per heavy atom. The normalized spacial score (nSPS) is 11.5. The zero-order chi connectivity index (χ0) is 36.2. The summed E-state index contributed by atoms with van der Waals surface area (Å²) < 4.78 is 10.9. The standard InChI is InChI=1S/C40H36N4O6S/c1-26(45)41-30-17-19-31(20-18-30)42-40(48)37(27-11-6-4-7-12-27)51-34-16-10-15-32(25-34)43-39(47)35(44-38(46)28-13-8-5-9-14-28)24-29-23-33(49-2)21-22-36(29)50-3/h4-25,37H,1-3H3,(H,41,45)(H,42,48)(H,43,47)(H,44,46)/b35-24+. The van der Waals surface area contributed by atoms with Crippen LogP contribution in [0.5, 0.6) is 11.5 Å². The van der Waals surface area contributed by atoms with Crippen molar-refractivity contribution in [2.75, 3.05) is 30.2 Å². The molecule has 0 radical (unpaired) electrons. The fraction of sp³-hybridized carbons (Fsp3) is 0.100. The first-order valence-electron chi connectivity index (χ1n) is 15.8. The molecule has 0 aliphatic carbocycles. The third kappa shape index (κ3) is 10.1. The summed E-state index contributed by atoms with van der Waals surface area (Å²) in [6.45, 7) is 1.43. The lowest BCUT2D eigenvalue weighted by Gasteiger charge is -2.18. The molecule has 0 heterocycles. The predicted octanol–water partition coefficient (Wildman–Crippen LogP) is 7.54. The average Bonchev–Trinajstić information content (AvgIpc) is 3.14. The molecule has 0 saturated carbocycles. The van der Waals surface area contributed by atoms with Crippen LogP contribution in [0.3, 0.4) is 0 Å². The van der Waals surface area contributed by atoms with Gasteiger partial charge in [-0.25, -0.2) is 0 Å². The number of carbonyl (C=O) groups is 4. The number of rotatable bonds is 13. The number of nitrogens with one attached hydrogen (secondary N) is 4. The molecule has 5 aromatic rings. The van der Waals surface area contributed by atoms with Gasteiger partial charge in [0.25, 0.3) is 11.8 Å². The number of amides is 4. The van der Waals surface area contributed by atoms with Crippen LogP contribution in [0, 0.1) is 0 Å². The SMILES string of the molecule is COc1ccc(OC)c(/C=C(/NC(=O)c2ccccc2)C(=O)Nc2cccc(SC(C(=O)Nc3ccc(NC(C)=O)cc3)c3ccccc3)c2)c1. The van der Waals surface area contributed by atoms with Gasteiger partial charge in [-0.3, -0.25) is 19.2 Å². The van der Waals surface area contributed by atoms with Crippen LogP contribution in [0.1, 0.15) is 33.7 Å². The third-order valence-corrected chi connectivity index (χ3v) is 8.67. The molecule has 11 heteroatoms. The van der Waals surface area contributed by atoms with E-state index in [1.54, 1.807) is 91.0 Å². The van der Waals surface area contributed by atoms with E-state index in [0.29, 0.717) is 44.6 Å². The second-order valence-corrected chi connectivity index (χ2v) is 12.3. The van der Waals surface area contributed by atoms with Crippen LogP contribution in [-0.2, 0) is 14.4 Å². The molecule has 5 rings (SSSR count). The van der Waals surface area contributed by atoms with Crippen molar-refractivity contribution in [1.29, 1.82) is 0 Å². The summed E-state index contributed by atoms with van der Waals surface area (Å²) in [7, 11) is 3.04. The molecule has 0 fully saturated rings. The Bertz CT molecular complexity index is 2040. The number of benzene rings is 5. The maximum atomic E-state index is 13.8. The Labute approximate surface area is 300 Å². The van der Waals surface area contributed by atoms with E-state index in [2.05, 4.69) is 21.3 Å². The van der Waals surface area contributed by atoms with E-state index in [4.69, 9.17) is 9.47 Å². The molecular weight excluding hydrogens is 665 g/mol. The fourth-order valence-corrected chi connectivity index (χ4v) is 6.06. The number of methoxy groups -OCH3 is 2. The van der Waals surface area contributed by atoms with Gasteiger partial charge in [0, 0.05) is 40.0 Å². The summed E-state index contributed by atoms with van der Waals surface area (Å²) in [6.07, 6.45) is 1.52. The van der Waals surface area contributed by atoms with Crippen molar-refractivity contribution in [3.05, 3.63) is 150 Å². The van der Waals surface area contributed by atoms with Gasteiger partial charge in [-0.15, -0.1) is 11.8 Å². The molecule has 1 unspecified atom stereocenters. The molecule has 258 valence electrons. The smallest absolute Gasteiger partial charge is 0.272 e. The maximum Gasteiger partial charge on any atom is 0.272 e. The molecule has 5 aromatic carbocycles. The van der Waals surface area contributed by atoms with Crippen LogP contribution in [-0.4, -0.2) is 37.8 Å². The Kier molecular flexibility index (Phi) is 12.2. The van der Waals surface area contributed by atoms with Crippen molar-refractivity contribution in [3.8, 4) is 11.5 Å². The summed E-state index contributed by atoms with van der Waals surface area (Å²) in [6, 6.07) is 37.0. The minimum atomic E-state index is -0.645. The van der Waals surface area contributed by atoms with Crippen LogP contribution < -0.4 is 30.7 Å². The lowest BCUT2D eigenvalue weighted by Crippen LogP contribution is -2.30. The van der Waals surface area contributed by atoms with Gasteiger partial charge in [-0.1, -0.05) is 54.6 Å². The number of anilines is 3. The van der Waals surface area contributed by atoms with Gasteiger partial charge in [0.15, 0.2) is 0 Å². The summed E-state index contributed by atoms with van der Waals surface area (Å²) in [4.78, 5) is 52.8. The predicted molar refractivity (Wildman–Crippen MR) is 201 cm³/mol. The number of thioether (sulfide) groups is 1. The van der Waals surface area contributed by atoms with E-state index in [1.807, 2.05) is 36.4 Å². The van der Waals surface area contributed by atoms with Crippen LogP contribution in [0.2, 0.25) is 0 Å².